The first-order valence-corrected chi connectivity index (χ1v) is 11.1. The zero-order chi connectivity index (χ0) is 24.4. The van der Waals surface area contributed by atoms with E-state index < -0.39 is 23.6 Å². The van der Waals surface area contributed by atoms with Crippen LogP contribution in [0, 0.1) is 0 Å². The highest BCUT2D eigenvalue weighted by Gasteiger charge is 2.47. The fourth-order valence-corrected chi connectivity index (χ4v) is 3.70. The zero-order valence-electron chi connectivity index (χ0n) is 20.8. The Morgan fingerprint density at radius 2 is 1.66 bits per heavy atom. The Labute approximate surface area is 220 Å². The molecule has 3 atom stereocenters. The number of benzene rings is 2. The van der Waals surface area contributed by atoms with Crippen LogP contribution in [0.15, 0.2) is 48.5 Å². The van der Waals surface area contributed by atoms with Gasteiger partial charge in [-0.3, -0.25) is 14.4 Å². The number of aromatic hydroxyl groups is 1. The van der Waals surface area contributed by atoms with E-state index >= 15 is 0 Å². The fraction of sp³-hybridized carbons (Fsp3) is 0.423. The van der Waals surface area contributed by atoms with Crippen molar-refractivity contribution < 1.29 is 24.2 Å². The van der Waals surface area contributed by atoms with Gasteiger partial charge in [0.05, 0.1) is 6.10 Å². The first kappa shape index (κ1) is 30.5. The van der Waals surface area contributed by atoms with Gasteiger partial charge in [-0.05, 0) is 54.7 Å². The quantitative estimate of drug-likeness (QED) is 0.543. The normalized spacial score (nSPS) is 20.3. The molecule has 0 unspecified atom stereocenters. The summed E-state index contributed by atoms with van der Waals surface area (Å²) < 4.78 is 5.40. The predicted octanol–water partition coefficient (Wildman–Crippen LogP) is 3.12. The van der Waals surface area contributed by atoms with E-state index in [1.165, 1.54) is 12.1 Å². The molecule has 0 radical (unpaired) electrons. The third-order valence-corrected chi connectivity index (χ3v) is 6.25. The Kier molecular flexibility index (Phi) is 10.4. The minimum absolute atomic E-state index is 0. The molecule has 0 bridgehead atoms. The van der Waals surface area contributed by atoms with Gasteiger partial charge < -0.3 is 20.5 Å². The second kappa shape index (κ2) is 12.0. The number of rotatable bonds is 6. The lowest BCUT2D eigenvalue weighted by Crippen LogP contribution is -2.60. The monoisotopic (exact) mass is 520 g/mol. The van der Waals surface area contributed by atoms with E-state index in [9.17, 15) is 19.5 Å². The lowest BCUT2D eigenvalue weighted by molar-refractivity contribution is -0.130. The van der Waals surface area contributed by atoms with Crippen molar-refractivity contribution in [3.63, 3.8) is 0 Å². The van der Waals surface area contributed by atoms with Gasteiger partial charge in [0.25, 0.3) is 5.91 Å². The summed E-state index contributed by atoms with van der Waals surface area (Å²) >= 11 is 0. The van der Waals surface area contributed by atoms with Crippen LogP contribution in [0.3, 0.4) is 0 Å². The number of carbonyl (C=O) groups excluding carboxylic acids is 3. The first-order chi connectivity index (χ1) is 15.4. The topological polar surface area (TPSA) is 105 Å². The number of Topliss-reactive ketones (excluding diaryl/α,β-unsaturated/α-hetero) is 1. The molecule has 0 aliphatic carbocycles. The predicted molar refractivity (Wildman–Crippen MR) is 146 cm³/mol. The van der Waals surface area contributed by atoms with Crippen LogP contribution < -0.4 is 10.6 Å². The van der Waals surface area contributed by atoms with Crippen molar-refractivity contribution >= 4 is 44.6 Å². The van der Waals surface area contributed by atoms with Gasteiger partial charge >= 0.3 is 0 Å². The first-order valence-electron chi connectivity index (χ1n) is 11.1. The molecular formula is C26H36N2O5S2. The van der Waals surface area contributed by atoms with Crippen molar-refractivity contribution in [2.24, 2.45) is 0 Å². The molecule has 9 heteroatoms. The number of carbonyl (C=O) groups is 3. The molecule has 7 nitrogen and oxygen atoms in total. The minimum Gasteiger partial charge on any atom is -0.508 e. The number of ether oxygens (including phenoxy) is 1. The van der Waals surface area contributed by atoms with E-state index in [-0.39, 0.29) is 62.9 Å². The zero-order valence-corrected chi connectivity index (χ0v) is 22.8. The van der Waals surface area contributed by atoms with Gasteiger partial charge in [-0.15, -0.1) is 0 Å². The summed E-state index contributed by atoms with van der Waals surface area (Å²) in [5.74, 6) is -0.967. The van der Waals surface area contributed by atoms with Crippen molar-refractivity contribution in [1.29, 1.82) is 0 Å². The lowest BCUT2D eigenvalue weighted by atomic mass is 9.86. The molecule has 1 aliphatic rings. The van der Waals surface area contributed by atoms with Gasteiger partial charge in [0.2, 0.25) is 5.91 Å². The molecule has 0 spiro atoms. The number of hydrogen-bond acceptors (Lipinski definition) is 5. The number of ketones is 1. The molecule has 2 aromatic rings. The number of phenolic OH excluding ortho intramolecular Hbond substituents is 1. The van der Waals surface area contributed by atoms with Crippen LogP contribution >= 0.6 is 27.0 Å². The highest BCUT2D eigenvalue weighted by molar-refractivity contribution is 7.59. The smallest absolute Gasteiger partial charge is 0.251 e. The van der Waals surface area contributed by atoms with E-state index in [0.717, 1.165) is 11.1 Å². The molecule has 35 heavy (non-hydrogen) atoms. The number of phenols is 1. The van der Waals surface area contributed by atoms with Gasteiger partial charge in [-0.1, -0.05) is 45.0 Å². The molecule has 1 heterocycles. The highest BCUT2D eigenvalue weighted by Crippen LogP contribution is 2.24. The van der Waals surface area contributed by atoms with Gasteiger partial charge in [0.1, 0.15) is 23.9 Å². The van der Waals surface area contributed by atoms with Crippen molar-refractivity contribution in [3.05, 3.63) is 65.2 Å². The van der Waals surface area contributed by atoms with Gasteiger partial charge in [-0.2, -0.15) is 27.0 Å². The van der Waals surface area contributed by atoms with Gasteiger partial charge in [-0.25, -0.2) is 0 Å². The SMILES string of the molecule is C[C@@H]1OCC(=O)[C@]1(C)NC(=O)[C@H](Cc1ccc(O)cc1)NC(=O)c1ccc(C(C)(C)C)cc1.S.S. The maximum absolute atomic E-state index is 13.2. The Bertz CT molecular complexity index is 1040. The molecule has 1 fully saturated rings. The highest BCUT2D eigenvalue weighted by atomic mass is 32.1. The molecule has 2 amide bonds. The van der Waals surface area contributed by atoms with Crippen molar-refractivity contribution in [1.82, 2.24) is 10.6 Å². The summed E-state index contributed by atoms with van der Waals surface area (Å²) in [6.45, 7) is 9.58. The van der Waals surface area contributed by atoms with Crippen LogP contribution in [0.25, 0.3) is 0 Å². The van der Waals surface area contributed by atoms with Crippen LogP contribution in [-0.2, 0) is 26.2 Å². The molecule has 3 rings (SSSR count). The van der Waals surface area contributed by atoms with Crippen LogP contribution in [0.1, 0.15) is 56.1 Å². The maximum Gasteiger partial charge on any atom is 0.251 e. The van der Waals surface area contributed by atoms with Crippen LogP contribution in [0.2, 0.25) is 0 Å². The van der Waals surface area contributed by atoms with Crippen LogP contribution in [-0.4, -0.2) is 47.0 Å². The third kappa shape index (κ3) is 7.25. The van der Waals surface area contributed by atoms with Crippen LogP contribution in [0.5, 0.6) is 5.75 Å². The summed E-state index contributed by atoms with van der Waals surface area (Å²) in [5, 5.41) is 15.2. The summed E-state index contributed by atoms with van der Waals surface area (Å²) in [6.07, 6.45) is -0.291. The summed E-state index contributed by atoms with van der Waals surface area (Å²) in [5.41, 5.74) is 1.08. The molecule has 2 aromatic carbocycles. The number of nitrogens with one attached hydrogen (secondary N) is 2. The largest absolute Gasteiger partial charge is 0.508 e. The van der Waals surface area contributed by atoms with Crippen molar-refractivity contribution in [2.75, 3.05) is 6.61 Å². The van der Waals surface area contributed by atoms with Crippen molar-refractivity contribution in [2.45, 2.75) is 64.1 Å². The maximum atomic E-state index is 13.2. The standard InChI is InChI=1S/C26H32N2O5.2H2S/c1-16-26(5,22(30)15-33-16)28-24(32)21(14-17-6-12-20(29)13-7-17)27-23(31)18-8-10-19(11-9-18)25(2,3)4;;/h6-13,16,21,29H,14-15H2,1-5H3,(H,27,31)(H,28,32);2*1H2/t16-,21-,26+;;/m0../s1. The van der Waals surface area contributed by atoms with E-state index in [1.54, 1.807) is 38.1 Å². The Balaban J connectivity index is 0.00000306. The summed E-state index contributed by atoms with van der Waals surface area (Å²) in [6, 6.07) is 12.8. The second-order valence-corrected chi connectivity index (χ2v) is 9.79. The van der Waals surface area contributed by atoms with Crippen LogP contribution in [0.4, 0.5) is 0 Å². The average Bonchev–Trinajstić information content (AvgIpc) is 3.01. The molecule has 192 valence electrons. The minimum atomic E-state index is -1.16. The fourth-order valence-electron chi connectivity index (χ4n) is 3.70. The molecule has 1 saturated heterocycles. The molecule has 3 N–H and O–H groups in total. The van der Waals surface area contributed by atoms with Gasteiger partial charge in [0, 0.05) is 12.0 Å². The number of amides is 2. The Hall–Kier alpha value is -2.49. The molecule has 0 saturated carbocycles. The van der Waals surface area contributed by atoms with E-state index in [4.69, 9.17) is 4.74 Å². The summed E-state index contributed by atoms with van der Waals surface area (Å²) in [4.78, 5) is 38.6. The average molecular weight is 521 g/mol. The Morgan fingerprint density at radius 3 is 2.14 bits per heavy atom. The van der Waals surface area contributed by atoms with E-state index in [1.807, 2.05) is 12.1 Å². The molecule has 1 aliphatic heterocycles. The van der Waals surface area contributed by atoms with Gasteiger partial charge in [0.15, 0.2) is 5.78 Å². The lowest BCUT2D eigenvalue weighted by Gasteiger charge is -2.30. The molecule has 0 aromatic heterocycles. The Morgan fingerprint density at radius 1 is 1.09 bits per heavy atom. The second-order valence-electron chi connectivity index (χ2n) is 9.79. The van der Waals surface area contributed by atoms with Crippen molar-refractivity contribution in [3.8, 4) is 5.75 Å². The van der Waals surface area contributed by atoms with E-state index in [0.29, 0.717) is 5.56 Å². The number of hydrogen-bond donors (Lipinski definition) is 3. The van der Waals surface area contributed by atoms with E-state index in [2.05, 4.69) is 31.4 Å². The third-order valence-electron chi connectivity index (χ3n) is 6.25. The summed E-state index contributed by atoms with van der Waals surface area (Å²) in [7, 11) is 0. The molecular weight excluding hydrogens is 484 g/mol.